The van der Waals surface area contributed by atoms with Gasteiger partial charge < -0.3 is 10.1 Å². The number of rotatable bonds is 5. The monoisotopic (exact) mass is 289 g/mol. The van der Waals surface area contributed by atoms with Gasteiger partial charge in [0.25, 0.3) is 5.91 Å². The fourth-order valence-corrected chi connectivity index (χ4v) is 2.04. The summed E-state index contributed by atoms with van der Waals surface area (Å²) in [5.74, 6) is -0.296. The van der Waals surface area contributed by atoms with Gasteiger partial charge in [-0.2, -0.15) is 5.10 Å². The Morgan fingerprint density at radius 2 is 1.95 bits per heavy atom. The van der Waals surface area contributed by atoms with Crippen molar-refractivity contribution >= 4 is 17.5 Å². The molecule has 0 aliphatic carbocycles. The average Bonchev–Trinajstić information content (AvgIpc) is 2.49. The van der Waals surface area contributed by atoms with Crippen LogP contribution in [0.25, 0.3) is 0 Å². The molecule has 1 aliphatic rings. The molecule has 1 aromatic carbocycles. The highest BCUT2D eigenvalue weighted by Gasteiger charge is 2.21. The molecular formula is C15H19N3O3. The van der Waals surface area contributed by atoms with Crippen LogP contribution in [-0.4, -0.2) is 36.7 Å². The van der Waals surface area contributed by atoms with Crippen molar-refractivity contribution in [2.45, 2.75) is 26.0 Å². The Hall–Kier alpha value is -2.21. The number of carbonyl (C=O) groups is 2. The minimum absolute atomic E-state index is 0.0692. The Labute approximate surface area is 123 Å². The van der Waals surface area contributed by atoms with Crippen LogP contribution in [-0.2, 0) is 27.5 Å². The van der Waals surface area contributed by atoms with Gasteiger partial charge in [0.2, 0.25) is 5.91 Å². The molecular weight excluding hydrogens is 270 g/mol. The molecule has 1 N–H and O–H groups in total. The summed E-state index contributed by atoms with van der Waals surface area (Å²) in [4.78, 5) is 23.3. The summed E-state index contributed by atoms with van der Waals surface area (Å²) in [5.41, 5.74) is 2.49. The highest BCUT2D eigenvalue weighted by atomic mass is 16.5. The van der Waals surface area contributed by atoms with Crippen LogP contribution in [0.15, 0.2) is 29.4 Å². The van der Waals surface area contributed by atoms with E-state index >= 15 is 0 Å². The van der Waals surface area contributed by atoms with Gasteiger partial charge in [-0.1, -0.05) is 24.3 Å². The maximum atomic E-state index is 12.0. The zero-order valence-corrected chi connectivity index (χ0v) is 12.3. The molecule has 6 nitrogen and oxygen atoms in total. The first-order valence-corrected chi connectivity index (χ1v) is 6.79. The molecule has 2 amide bonds. The Morgan fingerprint density at radius 3 is 2.57 bits per heavy atom. The van der Waals surface area contributed by atoms with Crippen LogP contribution in [0.2, 0.25) is 0 Å². The van der Waals surface area contributed by atoms with E-state index in [1.165, 1.54) is 5.01 Å². The third-order valence-electron chi connectivity index (χ3n) is 3.26. The summed E-state index contributed by atoms with van der Waals surface area (Å²) in [6.07, 6.45) is 0.719. The van der Waals surface area contributed by atoms with E-state index in [4.69, 9.17) is 4.74 Å². The second-order valence-electron chi connectivity index (χ2n) is 4.90. The summed E-state index contributed by atoms with van der Waals surface area (Å²) in [5, 5.41) is 8.02. The predicted octanol–water partition coefficient (Wildman–Crippen LogP) is 1.06. The lowest BCUT2D eigenvalue weighted by atomic mass is 10.1. The first kappa shape index (κ1) is 15.2. The van der Waals surface area contributed by atoms with E-state index in [9.17, 15) is 9.59 Å². The second kappa shape index (κ2) is 6.99. The summed E-state index contributed by atoms with van der Waals surface area (Å²) < 4.78 is 5.05. The molecule has 0 unspecified atom stereocenters. The average molecular weight is 289 g/mol. The summed E-state index contributed by atoms with van der Waals surface area (Å²) >= 11 is 0. The zero-order valence-electron chi connectivity index (χ0n) is 12.3. The molecule has 6 heteroatoms. The van der Waals surface area contributed by atoms with E-state index in [1.54, 1.807) is 14.2 Å². The zero-order chi connectivity index (χ0) is 15.2. The minimum Gasteiger partial charge on any atom is -0.380 e. The second-order valence-corrected chi connectivity index (χ2v) is 4.90. The normalized spacial score (nSPS) is 14.9. The van der Waals surface area contributed by atoms with Crippen molar-refractivity contribution in [2.24, 2.45) is 5.10 Å². The van der Waals surface area contributed by atoms with Crippen molar-refractivity contribution in [1.82, 2.24) is 10.3 Å². The van der Waals surface area contributed by atoms with E-state index in [1.807, 2.05) is 24.3 Å². The fourth-order valence-electron chi connectivity index (χ4n) is 2.04. The first-order valence-electron chi connectivity index (χ1n) is 6.79. The number of hydrogen-bond donors (Lipinski definition) is 1. The molecule has 0 radical (unpaired) electrons. The molecule has 0 saturated carbocycles. The predicted molar refractivity (Wildman–Crippen MR) is 78.4 cm³/mol. The van der Waals surface area contributed by atoms with Crippen LogP contribution in [0.5, 0.6) is 0 Å². The van der Waals surface area contributed by atoms with Gasteiger partial charge in [0.1, 0.15) is 5.71 Å². The number of methoxy groups -OCH3 is 1. The number of carbonyl (C=O) groups excluding carboxylic acids is 2. The molecule has 1 aliphatic heterocycles. The van der Waals surface area contributed by atoms with Crippen molar-refractivity contribution < 1.29 is 14.3 Å². The fraction of sp³-hybridized carbons (Fsp3) is 0.400. The van der Waals surface area contributed by atoms with Gasteiger partial charge in [-0.15, -0.1) is 0 Å². The van der Waals surface area contributed by atoms with Gasteiger partial charge >= 0.3 is 0 Å². The smallest absolute Gasteiger partial charge is 0.267 e. The standard InChI is InChI=1S/C15H19N3O3/c1-18-14(19)8-7-13(17-18)15(20)16-9-11-3-5-12(6-4-11)10-21-2/h3-6H,7-10H2,1-2H3,(H,16,20). The number of nitrogens with zero attached hydrogens (tertiary/aromatic N) is 2. The molecule has 1 aromatic rings. The van der Waals surface area contributed by atoms with Crippen molar-refractivity contribution in [2.75, 3.05) is 14.2 Å². The quantitative estimate of drug-likeness (QED) is 0.881. The molecule has 0 spiro atoms. The third-order valence-corrected chi connectivity index (χ3v) is 3.26. The number of nitrogens with one attached hydrogen (secondary N) is 1. The van der Waals surface area contributed by atoms with E-state index in [0.29, 0.717) is 31.7 Å². The molecule has 0 atom stereocenters. The Bertz CT molecular complexity index is 552. The number of amides is 2. The van der Waals surface area contributed by atoms with Crippen LogP contribution in [0.1, 0.15) is 24.0 Å². The van der Waals surface area contributed by atoms with E-state index in [2.05, 4.69) is 10.4 Å². The molecule has 0 aromatic heterocycles. The lowest BCUT2D eigenvalue weighted by Crippen LogP contribution is -2.37. The van der Waals surface area contributed by atoms with Gasteiger partial charge in [-0.25, -0.2) is 5.01 Å². The maximum absolute atomic E-state index is 12.0. The van der Waals surface area contributed by atoms with Crippen molar-refractivity contribution in [3.8, 4) is 0 Å². The van der Waals surface area contributed by atoms with Gasteiger partial charge in [0, 0.05) is 33.5 Å². The summed E-state index contributed by atoms with van der Waals surface area (Å²) in [6, 6.07) is 7.84. The van der Waals surface area contributed by atoms with Crippen LogP contribution in [0.3, 0.4) is 0 Å². The lowest BCUT2D eigenvalue weighted by molar-refractivity contribution is -0.130. The summed E-state index contributed by atoms with van der Waals surface area (Å²) in [7, 11) is 3.21. The molecule has 0 saturated heterocycles. The van der Waals surface area contributed by atoms with E-state index in [0.717, 1.165) is 11.1 Å². The van der Waals surface area contributed by atoms with Crippen molar-refractivity contribution in [1.29, 1.82) is 0 Å². The molecule has 2 rings (SSSR count). The summed E-state index contributed by atoms with van der Waals surface area (Å²) in [6.45, 7) is 1.01. The highest BCUT2D eigenvalue weighted by Crippen LogP contribution is 2.08. The van der Waals surface area contributed by atoms with Gasteiger partial charge in [0.15, 0.2) is 0 Å². The first-order chi connectivity index (χ1) is 10.1. The topological polar surface area (TPSA) is 71.0 Å². The Balaban J connectivity index is 1.89. The van der Waals surface area contributed by atoms with Gasteiger partial charge in [-0.3, -0.25) is 9.59 Å². The van der Waals surface area contributed by atoms with Crippen LogP contribution in [0.4, 0.5) is 0 Å². The number of hydrogen-bond acceptors (Lipinski definition) is 4. The maximum Gasteiger partial charge on any atom is 0.267 e. The molecule has 0 fully saturated rings. The van der Waals surface area contributed by atoms with Gasteiger partial charge in [-0.05, 0) is 11.1 Å². The lowest BCUT2D eigenvalue weighted by Gasteiger charge is -2.18. The van der Waals surface area contributed by atoms with E-state index in [-0.39, 0.29) is 11.8 Å². The van der Waals surface area contributed by atoms with E-state index < -0.39 is 0 Å². The van der Waals surface area contributed by atoms with Crippen LogP contribution in [0, 0.1) is 0 Å². The SMILES string of the molecule is COCc1ccc(CNC(=O)C2=NN(C)C(=O)CC2)cc1. The third kappa shape index (κ3) is 4.13. The minimum atomic E-state index is -0.227. The molecule has 1 heterocycles. The molecule has 21 heavy (non-hydrogen) atoms. The Morgan fingerprint density at radius 1 is 1.29 bits per heavy atom. The van der Waals surface area contributed by atoms with Crippen molar-refractivity contribution in [3.63, 3.8) is 0 Å². The van der Waals surface area contributed by atoms with Gasteiger partial charge in [0.05, 0.1) is 6.61 Å². The van der Waals surface area contributed by atoms with Crippen LogP contribution < -0.4 is 5.32 Å². The van der Waals surface area contributed by atoms with Crippen molar-refractivity contribution in [3.05, 3.63) is 35.4 Å². The molecule has 112 valence electrons. The number of ether oxygens (including phenoxy) is 1. The largest absolute Gasteiger partial charge is 0.380 e. The highest BCUT2D eigenvalue weighted by molar-refractivity contribution is 6.39. The number of benzene rings is 1. The molecule has 0 bridgehead atoms. The number of hydrazone groups is 1. The Kier molecular flexibility index (Phi) is 5.05. The van der Waals surface area contributed by atoms with Crippen LogP contribution >= 0.6 is 0 Å².